The summed E-state index contributed by atoms with van der Waals surface area (Å²) in [5.74, 6) is 2.09. The number of sulfonamides is 1. The molecule has 1 saturated carbocycles. The highest BCUT2D eigenvalue weighted by molar-refractivity contribution is 7.91. The Morgan fingerprint density at radius 3 is 2.63 bits per heavy atom. The molecule has 142 valence electrons. The second-order valence-electron chi connectivity index (χ2n) is 6.36. The summed E-state index contributed by atoms with van der Waals surface area (Å²) in [6.45, 7) is 0.200. The van der Waals surface area contributed by atoms with Crippen LogP contribution in [0.1, 0.15) is 36.6 Å². The second kappa shape index (κ2) is 7.41. The van der Waals surface area contributed by atoms with Gasteiger partial charge in [0.15, 0.2) is 0 Å². The van der Waals surface area contributed by atoms with Crippen LogP contribution < -0.4 is 9.46 Å². The lowest BCUT2D eigenvalue weighted by atomic mass is 9.85. The van der Waals surface area contributed by atoms with Gasteiger partial charge in [-0.05, 0) is 42.7 Å². The van der Waals surface area contributed by atoms with E-state index in [1.54, 1.807) is 31.4 Å². The SMILES string of the molecule is COc1ccc(CNS(=O)(=O)c2ccc(-c3nnc(C4CCC4)o3)s2)cc1. The fourth-order valence-corrected chi connectivity index (χ4v) is 5.02. The van der Waals surface area contributed by atoms with Crippen LogP contribution in [0.5, 0.6) is 5.75 Å². The minimum absolute atomic E-state index is 0.200. The molecule has 0 amide bonds. The molecule has 0 saturated heterocycles. The average molecular weight is 406 g/mol. The lowest BCUT2D eigenvalue weighted by Gasteiger charge is -2.20. The van der Waals surface area contributed by atoms with E-state index in [0.717, 1.165) is 35.5 Å². The summed E-state index contributed by atoms with van der Waals surface area (Å²) in [4.78, 5) is 0.651. The van der Waals surface area contributed by atoms with E-state index in [1.807, 2.05) is 12.1 Å². The number of nitrogens with zero attached hydrogens (tertiary/aromatic N) is 2. The van der Waals surface area contributed by atoms with Gasteiger partial charge < -0.3 is 9.15 Å². The average Bonchev–Trinajstić information content (AvgIpc) is 3.29. The summed E-state index contributed by atoms with van der Waals surface area (Å²) >= 11 is 1.12. The summed E-state index contributed by atoms with van der Waals surface area (Å²) < 4.78 is 38.7. The molecule has 9 heteroatoms. The van der Waals surface area contributed by atoms with Crippen LogP contribution in [0.25, 0.3) is 10.8 Å². The van der Waals surface area contributed by atoms with E-state index in [9.17, 15) is 8.42 Å². The molecule has 0 atom stereocenters. The Balaban J connectivity index is 1.45. The zero-order valence-corrected chi connectivity index (χ0v) is 16.3. The molecule has 3 aromatic rings. The van der Waals surface area contributed by atoms with Crippen LogP contribution in [0.2, 0.25) is 0 Å². The Labute approximate surface area is 161 Å². The van der Waals surface area contributed by atoms with Gasteiger partial charge >= 0.3 is 0 Å². The van der Waals surface area contributed by atoms with Gasteiger partial charge in [-0.3, -0.25) is 0 Å². The van der Waals surface area contributed by atoms with Crippen LogP contribution in [0.15, 0.2) is 45.0 Å². The van der Waals surface area contributed by atoms with Crippen LogP contribution >= 0.6 is 11.3 Å². The van der Waals surface area contributed by atoms with Crippen molar-refractivity contribution in [3.63, 3.8) is 0 Å². The van der Waals surface area contributed by atoms with Crippen LogP contribution in [0.4, 0.5) is 0 Å². The maximum absolute atomic E-state index is 12.6. The highest BCUT2D eigenvalue weighted by atomic mass is 32.2. The summed E-state index contributed by atoms with van der Waals surface area (Å²) in [6, 6.07) is 10.5. The molecule has 0 unspecified atom stereocenters. The monoisotopic (exact) mass is 405 g/mol. The van der Waals surface area contributed by atoms with Gasteiger partial charge in [0.05, 0.1) is 12.0 Å². The fourth-order valence-electron chi connectivity index (χ4n) is 2.73. The maximum Gasteiger partial charge on any atom is 0.257 e. The third-order valence-corrected chi connectivity index (χ3v) is 7.54. The minimum atomic E-state index is -3.62. The molecule has 2 heterocycles. The van der Waals surface area contributed by atoms with Gasteiger partial charge in [-0.25, -0.2) is 13.1 Å². The van der Waals surface area contributed by atoms with Crippen molar-refractivity contribution in [2.75, 3.05) is 7.11 Å². The normalized spacial score (nSPS) is 14.9. The molecule has 0 aliphatic heterocycles. The van der Waals surface area contributed by atoms with Crippen LogP contribution in [-0.2, 0) is 16.6 Å². The number of hydrogen-bond acceptors (Lipinski definition) is 7. The quantitative estimate of drug-likeness (QED) is 0.646. The van der Waals surface area contributed by atoms with Gasteiger partial charge in [0, 0.05) is 12.5 Å². The zero-order valence-electron chi connectivity index (χ0n) is 14.7. The molecule has 1 aliphatic carbocycles. The van der Waals surface area contributed by atoms with E-state index in [2.05, 4.69) is 14.9 Å². The first-order valence-corrected chi connectivity index (χ1v) is 10.9. The Morgan fingerprint density at radius 1 is 1.19 bits per heavy atom. The van der Waals surface area contributed by atoms with E-state index >= 15 is 0 Å². The van der Waals surface area contributed by atoms with Gasteiger partial charge in [-0.2, -0.15) is 0 Å². The topological polar surface area (TPSA) is 94.3 Å². The van der Waals surface area contributed by atoms with Crippen molar-refractivity contribution in [1.29, 1.82) is 0 Å². The summed E-state index contributed by atoms with van der Waals surface area (Å²) in [5.41, 5.74) is 0.846. The molecule has 4 rings (SSSR count). The lowest BCUT2D eigenvalue weighted by molar-refractivity contribution is 0.338. The van der Waals surface area contributed by atoms with Gasteiger partial charge in [0.1, 0.15) is 9.96 Å². The molecule has 27 heavy (non-hydrogen) atoms. The molecule has 0 spiro atoms. The van der Waals surface area contributed by atoms with E-state index in [0.29, 0.717) is 22.6 Å². The number of nitrogens with one attached hydrogen (secondary N) is 1. The van der Waals surface area contributed by atoms with Crippen molar-refractivity contribution in [2.24, 2.45) is 0 Å². The number of aromatic nitrogens is 2. The molecule has 1 N–H and O–H groups in total. The predicted octanol–water partition coefficient (Wildman–Crippen LogP) is 3.55. The highest BCUT2D eigenvalue weighted by Gasteiger charge is 2.26. The maximum atomic E-state index is 12.6. The van der Waals surface area contributed by atoms with Gasteiger partial charge in [0.2, 0.25) is 15.9 Å². The number of hydrogen-bond donors (Lipinski definition) is 1. The van der Waals surface area contributed by atoms with Crippen molar-refractivity contribution in [3.05, 3.63) is 47.9 Å². The lowest BCUT2D eigenvalue weighted by Crippen LogP contribution is -2.22. The van der Waals surface area contributed by atoms with E-state index in [1.165, 1.54) is 6.42 Å². The Kier molecular flexibility index (Phi) is 4.98. The second-order valence-corrected chi connectivity index (χ2v) is 9.44. The molecule has 0 bridgehead atoms. The van der Waals surface area contributed by atoms with Gasteiger partial charge in [0.25, 0.3) is 5.89 Å². The smallest absolute Gasteiger partial charge is 0.257 e. The van der Waals surface area contributed by atoms with Gasteiger partial charge in [-0.1, -0.05) is 18.6 Å². The third kappa shape index (κ3) is 3.90. The van der Waals surface area contributed by atoms with E-state index in [-0.39, 0.29) is 10.8 Å². The summed E-state index contributed by atoms with van der Waals surface area (Å²) in [5, 5.41) is 8.15. The van der Waals surface area contributed by atoms with E-state index in [4.69, 9.17) is 9.15 Å². The predicted molar refractivity (Wildman–Crippen MR) is 101 cm³/mol. The first-order chi connectivity index (χ1) is 13.0. The van der Waals surface area contributed by atoms with Crippen molar-refractivity contribution < 1.29 is 17.6 Å². The Morgan fingerprint density at radius 2 is 1.96 bits per heavy atom. The molecule has 1 aromatic carbocycles. The largest absolute Gasteiger partial charge is 0.497 e. The van der Waals surface area contributed by atoms with Gasteiger partial charge in [-0.15, -0.1) is 21.5 Å². The third-order valence-electron chi connectivity index (χ3n) is 4.58. The number of ether oxygens (including phenoxy) is 1. The minimum Gasteiger partial charge on any atom is -0.497 e. The van der Waals surface area contributed by atoms with E-state index < -0.39 is 10.0 Å². The standard InChI is InChI=1S/C18H19N3O4S2/c1-24-14-7-5-12(6-8-14)11-19-27(22,23)16-10-9-15(26-16)18-21-20-17(25-18)13-3-2-4-13/h5-10,13,19H,2-4,11H2,1H3. The van der Waals surface area contributed by atoms with Crippen LogP contribution in [0.3, 0.4) is 0 Å². The number of rotatable bonds is 7. The summed E-state index contributed by atoms with van der Waals surface area (Å²) in [7, 11) is -2.03. The van der Waals surface area contributed by atoms with Crippen molar-refractivity contribution in [1.82, 2.24) is 14.9 Å². The Bertz CT molecular complexity index is 1020. The zero-order chi connectivity index (χ0) is 18.9. The number of benzene rings is 1. The number of methoxy groups -OCH3 is 1. The van der Waals surface area contributed by atoms with Crippen LogP contribution in [0, 0.1) is 0 Å². The van der Waals surface area contributed by atoms with Crippen molar-refractivity contribution >= 4 is 21.4 Å². The molecular weight excluding hydrogens is 386 g/mol. The molecule has 1 fully saturated rings. The van der Waals surface area contributed by atoms with Crippen LogP contribution in [-0.4, -0.2) is 25.7 Å². The Hall–Kier alpha value is -2.23. The molecule has 7 nitrogen and oxygen atoms in total. The summed E-state index contributed by atoms with van der Waals surface area (Å²) in [6.07, 6.45) is 3.33. The highest BCUT2D eigenvalue weighted by Crippen LogP contribution is 2.37. The first kappa shape index (κ1) is 18.1. The molecule has 0 radical (unpaired) electrons. The molecule has 2 aromatic heterocycles. The number of thiophene rings is 1. The molecule has 1 aliphatic rings. The van der Waals surface area contributed by atoms with Crippen molar-refractivity contribution in [3.8, 4) is 16.5 Å². The first-order valence-electron chi connectivity index (χ1n) is 8.61. The fraction of sp³-hybridized carbons (Fsp3) is 0.333. The molecular formula is C18H19N3O4S2. The van der Waals surface area contributed by atoms with Crippen molar-refractivity contribution in [2.45, 2.75) is 35.9 Å².